The largest absolute Gasteiger partial charge is 0.336 e. The van der Waals surface area contributed by atoms with Gasteiger partial charge in [0.2, 0.25) is 0 Å². The molecular formula is C20H24N4O4S. The number of aromatic nitrogens is 1. The number of hydrogen-bond donors (Lipinski definition) is 1. The van der Waals surface area contributed by atoms with E-state index in [0.29, 0.717) is 49.5 Å². The molecule has 2 aromatic rings. The van der Waals surface area contributed by atoms with Crippen LogP contribution in [-0.4, -0.2) is 79.7 Å². The monoisotopic (exact) mass is 416 g/mol. The molecule has 0 saturated carbocycles. The number of benzene rings is 1. The van der Waals surface area contributed by atoms with Gasteiger partial charge in [0.1, 0.15) is 9.84 Å². The zero-order chi connectivity index (χ0) is 20.9. The van der Waals surface area contributed by atoms with Crippen LogP contribution in [0.2, 0.25) is 0 Å². The Morgan fingerprint density at radius 3 is 2.45 bits per heavy atom. The van der Waals surface area contributed by atoms with Gasteiger partial charge in [-0.3, -0.25) is 19.5 Å². The van der Waals surface area contributed by atoms with E-state index in [1.807, 2.05) is 0 Å². The number of carbonyl (C=O) groups excluding carboxylic acids is 2. The molecule has 1 aromatic carbocycles. The van der Waals surface area contributed by atoms with Crippen molar-refractivity contribution in [3.8, 4) is 0 Å². The van der Waals surface area contributed by atoms with Gasteiger partial charge in [-0.1, -0.05) is 6.07 Å². The highest BCUT2D eigenvalue weighted by Crippen LogP contribution is 2.15. The van der Waals surface area contributed by atoms with E-state index < -0.39 is 9.84 Å². The number of nitrogens with one attached hydrogen (secondary N) is 1. The Bertz CT molecular complexity index is 971. The Labute approximate surface area is 170 Å². The van der Waals surface area contributed by atoms with Crippen molar-refractivity contribution in [2.24, 2.45) is 0 Å². The van der Waals surface area contributed by atoms with Gasteiger partial charge in [0.05, 0.1) is 11.3 Å². The van der Waals surface area contributed by atoms with Crippen LogP contribution in [0.3, 0.4) is 0 Å². The number of amides is 2. The summed E-state index contributed by atoms with van der Waals surface area (Å²) in [5.74, 6) is -0.271. The van der Waals surface area contributed by atoms with Gasteiger partial charge in [-0.15, -0.1) is 0 Å². The van der Waals surface area contributed by atoms with Crippen molar-refractivity contribution >= 4 is 27.3 Å². The van der Waals surface area contributed by atoms with E-state index in [2.05, 4.69) is 15.2 Å². The van der Waals surface area contributed by atoms with Gasteiger partial charge in [-0.2, -0.15) is 0 Å². The smallest absolute Gasteiger partial charge is 0.257 e. The molecule has 0 atom stereocenters. The third-order valence-electron chi connectivity index (χ3n) is 4.73. The van der Waals surface area contributed by atoms with Crippen molar-refractivity contribution in [2.45, 2.75) is 0 Å². The molecule has 0 radical (unpaired) electrons. The Balaban J connectivity index is 1.58. The van der Waals surface area contributed by atoms with E-state index >= 15 is 0 Å². The third kappa shape index (κ3) is 6.10. The number of sulfone groups is 1. The predicted molar refractivity (Wildman–Crippen MR) is 111 cm³/mol. The highest BCUT2D eigenvalue weighted by molar-refractivity contribution is 7.90. The molecule has 1 aliphatic rings. The van der Waals surface area contributed by atoms with E-state index in [0.717, 1.165) is 0 Å². The number of hydrogen-bond acceptors (Lipinski definition) is 6. The topological polar surface area (TPSA) is 99.7 Å². The first-order valence-corrected chi connectivity index (χ1v) is 11.4. The van der Waals surface area contributed by atoms with Crippen molar-refractivity contribution < 1.29 is 18.0 Å². The first-order valence-electron chi connectivity index (χ1n) is 9.33. The van der Waals surface area contributed by atoms with Crippen LogP contribution >= 0.6 is 0 Å². The summed E-state index contributed by atoms with van der Waals surface area (Å²) in [4.78, 5) is 32.8. The zero-order valence-corrected chi connectivity index (χ0v) is 17.1. The molecular weight excluding hydrogens is 392 g/mol. The molecule has 3 rings (SSSR count). The van der Waals surface area contributed by atoms with Crippen LogP contribution < -0.4 is 5.32 Å². The molecule has 154 valence electrons. The normalized spacial score (nSPS) is 15.1. The number of rotatable bonds is 6. The van der Waals surface area contributed by atoms with Gasteiger partial charge in [0, 0.05) is 62.6 Å². The molecule has 2 amide bonds. The third-order valence-corrected chi connectivity index (χ3v) is 5.65. The highest BCUT2D eigenvalue weighted by atomic mass is 32.2. The quantitative estimate of drug-likeness (QED) is 0.758. The van der Waals surface area contributed by atoms with Crippen molar-refractivity contribution in [1.29, 1.82) is 0 Å². The molecule has 1 fully saturated rings. The summed E-state index contributed by atoms with van der Waals surface area (Å²) in [6.07, 6.45) is 4.30. The maximum atomic E-state index is 12.8. The summed E-state index contributed by atoms with van der Waals surface area (Å²) in [6, 6.07) is 10.2. The molecule has 0 unspecified atom stereocenters. The lowest BCUT2D eigenvalue weighted by atomic mass is 10.1. The van der Waals surface area contributed by atoms with Gasteiger partial charge < -0.3 is 10.2 Å². The second-order valence-corrected chi connectivity index (χ2v) is 9.30. The molecule has 1 N–H and O–H groups in total. The Hall–Kier alpha value is -2.78. The maximum Gasteiger partial charge on any atom is 0.257 e. The second-order valence-electron chi connectivity index (χ2n) is 7.04. The fourth-order valence-electron chi connectivity index (χ4n) is 3.08. The second kappa shape index (κ2) is 9.15. The summed E-state index contributed by atoms with van der Waals surface area (Å²) in [6.45, 7) is 2.83. The maximum absolute atomic E-state index is 12.8. The molecule has 9 heteroatoms. The number of anilines is 1. The summed E-state index contributed by atoms with van der Waals surface area (Å²) in [5, 5.41) is 2.78. The Morgan fingerprint density at radius 2 is 1.79 bits per heavy atom. The SMILES string of the molecule is CS(=O)(=O)CCN1CCN(C(=O)c2cccc(NC(=O)c3cccnc3)c2)CC1. The van der Waals surface area contributed by atoms with Crippen LogP contribution in [0.1, 0.15) is 20.7 Å². The van der Waals surface area contributed by atoms with Crippen molar-refractivity contribution in [2.75, 3.05) is 50.0 Å². The minimum Gasteiger partial charge on any atom is -0.336 e. The minimum absolute atomic E-state index is 0.106. The minimum atomic E-state index is -2.99. The average molecular weight is 417 g/mol. The summed E-state index contributed by atoms with van der Waals surface area (Å²) in [7, 11) is -2.99. The van der Waals surface area contributed by atoms with Crippen molar-refractivity contribution in [3.63, 3.8) is 0 Å². The van der Waals surface area contributed by atoms with Crippen molar-refractivity contribution in [1.82, 2.24) is 14.8 Å². The lowest BCUT2D eigenvalue weighted by Gasteiger charge is -2.34. The van der Waals surface area contributed by atoms with Gasteiger partial charge in [0.25, 0.3) is 11.8 Å². The molecule has 1 saturated heterocycles. The van der Waals surface area contributed by atoms with Gasteiger partial charge in [0.15, 0.2) is 0 Å². The molecule has 1 aromatic heterocycles. The summed E-state index contributed by atoms with van der Waals surface area (Å²) >= 11 is 0. The van der Waals surface area contributed by atoms with E-state index in [1.54, 1.807) is 47.5 Å². The molecule has 0 spiro atoms. The van der Waals surface area contributed by atoms with E-state index in [9.17, 15) is 18.0 Å². The fraction of sp³-hybridized carbons (Fsp3) is 0.350. The first kappa shape index (κ1) is 20.9. The predicted octanol–water partition coefficient (Wildman–Crippen LogP) is 1.14. The van der Waals surface area contributed by atoms with E-state index in [1.165, 1.54) is 12.5 Å². The molecule has 1 aliphatic heterocycles. The van der Waals surface area contributed by atoms with Crippen LogP contribution in [0, 0.1) is 0 Å². The molecule has 29 heavy (non-hydrogen) atoms. The zero-order valence-electron chi connectivity index (χ0n) is 16.2. The number of nitrogens with zero attached hydrogens (tertiary/aromatic N) is 3. The molecule has 2 heterocycles. The Kier molecular flexibility index (Phi) is 6.60. The average Bonchev–Trinajstić information content (AvgIpc) is 2.72. The molecule has 0 bridgehead atoms. The fourth-order valence-corrected chi connectivity index (χ4v) is 3.67. The van der Waals surface area contributed by atoms with Gasteiger partial charge in [-0.05, 0) is 30.3 Å². The number of piperazine rings is 1. The lowest BCUT2D eigenvalue weighted by molar-refractivity contribution is 0.0644. The Morgan fingerprint density at radius 1 is 1.07 bits per heavy atom. The number of carbonyl (C=O) groups is 2. The standard InChI is InChI=1S/C20H24N4O4S/c1-29(27,28)13-12-23-8-10-24(11-9-23)20(26)16-4-2-6-18(14-16)22-19(25)17-5-3-7-21-15-17/h2-7,14-15H,8-13H2,1H3,(H,22,25). The van der Waals surface area contributed by atoms with Crippen LogP contribution in [0.25, 0.3) is 0 Å². The summed E-state index contributed by atoms with van der Waals surface area (Å²) < 4.78 is 22.6. The molecule has 0 aliphatic carbocycles. The first-order chi connectivity index (χ1) is 13.8. The molecule has 8 nitrogen and oxygen atoms in total. The van der Waals surface area contributed by atoms with E-state index in [-0.39, 0.29) is 17.6 Å². The highest BCUT2D eigenvalue weighted by Gasteiger charge is 2.23. The summed E-state index contributed by atoms with van der Waals surface area (Å²) in [5.41, 5.74) is 1.48. The van der Waals surface area contributed by atoms with Gasteiger partial charge in [-0.25, -0.2) is 8.42 Å². The van der Waals surface area contributed by atoms with E-state index in [4.69, 9.17) is 0 Å². The van der Waals surface area contributed by atoms with Gasteiger partial charge >= 0.3 is 0 Å². The van der Waals surface area contributed by atoms with Crippen LogP contribution in [0.5, 0.6) is 0 Å². The lowest BCUT2D eigenvalue weighted by Crippen LogP contribution is -2.49. The number of pyridine rings is 1. The van der Waals surface area contributed by atoms with Crippen LogP contribution in [0.4, 0.5) is 5.69 Å². The van der Waals surface area contributed by atoms with Crippen LogP contribution in [-0.2, 0) is 9.84 Å². The van der Waals surface area contributed by atoms with Crippen molar-refractivity contribution in [3.05, 3.63) is 59.9 Å². The van der Waals surface area contributed by atoms with Crippen LogP contribution in [0.15, 0.2) is 48.8 Å².